The van der Waals surface area contributed by atoms with Crippen LogP contribution in [0.1, 0.15) is 33.3 Å². The van der Waals surface area contributed by atoms with Crippen LogP contribution in [-0.4, -0.2) is 62.0 Å². The number of pyridine rings is 1. The van der Waals surface area contributed by atoms with Crippen molar-refractivity contribution in [2.45, 2.75) is 46.3 Å². The summed E-state index contributed by atoms with van der Waals surface area (Å²) in [5, 5.41) is 11.8. The summed E-state index contributed by atoms with van der Waals surface area (Å²) in [6, 6.07) is 5.92. The van der Waals surface area contributed by atoms with Gasteiger partial charge in [0, 0.05) is 25.2 Å². The van der Waals surface area contributed by atoms with Gasteiger partial charge in [0.05, 0.1) is 37.3 Å². The third kappa shape index (κ3) is 5.00. The van der Waals surface area contributed by atoms with E-state index >= 15 is 0 Å². The lowest BCUT2D eigenvalue weighted by Gasteiger charge is -2.34. The zero-order valence-electron chi connectivity index (χ0n) is 20.0. The van der Waals surface area contributed by atoms with Crippen LogP contribution in [-0.2, 0) is 16.5 Å². The highest BCUT2D eigenvalue weighted by Gasteiger charge is 2.24. The smallest absolute Gasteiger partial charge is 0.437 e. The minimum Gasteiger partial charge on any atom is -0.442 e. The van der Waals surface area contributed by atoms with Gasteiger partial charge in [-0.25, -0.2) is 9.78 Å². The number of aromatic nitrogens is 5. The van der Waals surface area contributed by atoms with E-state index in [-0.39, 0.29) is 6.04 Å². The Labute approximate surface area is 193 Å². The minimum absolute atomic E-state index is 0.189. The van der Waals surface area contributed by atoms with Gasteiger partial charge in [-0.05, 0) is 52.3 Å². The van der Waals surface area contributed by atoms with E-state index in [4.69, 9.17) is 14.5 Å². The number of ether oxygens (including phenoxy) is 2. The van der Waals surface area contributed by atoms with Crippen LogP contribution in [0, 0.1) is 6.92 Å². The first kappa shape index (κ1) is 22.8. The Kier molecular flexibility index (Phi) is 6.11. The fraction of sp³-hybridized carbons (Fsp3) is 0.478. The van der Waals surface area contributed by atoms with Gasteiger partial charge in [-0.3, -0.25) is 4.68 Å². The first-order valence-corrected chi connectivity index (χ1v) is 11.0. The number of carbonyl (C=O) groups excluding carboxylic acids is 1. The van der Waals surface area contributed by atoms with Crippen LogP contribution in [0.2, 0.25) is 0 Å². The molecule has 0 aromatic carbocycles. The van der Waals surface area contributed by atoms with Crippen LogP contribution < -0.4 is 10.2 Å². The molecule has 0 aliphatic carbocycles. The van der Waals surface area contributed by atoms with Gasteiger partial charge in [-0.1, -0.05) is 0 Å². The van der Waals surface area contributed by atoms with E-state index in [1.807, 2.05) is 51.7 Å². The van der Waals surface area contributed by atoms with Gasteiger partial charge in [-0.15, -0.1) is 4.68 Å². The van der Waals surface area contributed by atoms with Crippen molar-refractivity contribution in [1.29, 1.82) is 0 Å². The molecule has 1 fully saturated rings. The Morgan fingerprint density at radius 3 is 2.73 bits per heavy atom. The molecule has 3 aromatic heterocycles. The van der Waals surface area contributed by atoms with Crippen LogP contribution in [0.3, 0.4) is 0 Å². The number of aryl methyl sites for hydroxylation is 2. The van der Waals surface area contributed by atoms with Crippen LogP contribution in [0.5, 0.6) is 0 Å². The molecule has 1 aliphatic rings. The van der Waals surface area contributed by atoms with Crippen molar-refractivity contribution in [1.82, 2.24) is 24.5 Å². The Morgan fingerprint density at radius 2 is 2.06 bits per heavy atom. The summed E-state index contributed by atoms with van der Waals surface area (Å²) in [7, 11) is 1.92. The zero-order valence-corrected chi connectivity index (χ0v) is 20.0. The Bertz CT molecular complexity index is 1130. The van der Waals surface area contributed by atoms with Crippen molar-refractivity contribution in [2.24, 2.45) is 7.05 Å². The maximum Gasteiger partial charge on any atom is 0.437 e. The molecule has 0 spiro atoms. The molecule has 4 rings (SSSR count). The van der Waals surface area contributed by atoms with Gasteiger partial charge in [0.25, 0.3) is 0 Å². The lowest BCUT2D eigenvalue weighted by atomic mass is 10.1. The van der Waals surface area contributed by atoms with E-state index in [9.17, 15) is 4.79 Å². The van der Waals surface area contributed by atoms with E-state index in [0.717, 1.165) is 29.2 Å². The average molecular weight is 454 g/mol. The van der Waals surface area contributed by atoms with Crippen molar-refractivity contribution in [3.8, 4) is 11.3 Å². The Hall–Kier alpha value is -3.40. The van der Waals surface area contributed by atoms with Crippen LogP contribution in [0.15, 0.2) is 30.6 Å². The predicted octanol–water partition coefficient (Wildman–Crippen LogP) is 3.74. The van der Waals surface area contributed by atoms with Crippen molar-refractivity contribution in [3.05, 3.63) is 36.2 Å². The highest BCUT2D eigenvalue weighted by molar-refractivity contribution is 5.77. The summed E-state index contributed by atoms with van der Waals surface area (Å²) >= 11 is 0. The van der Waals surface area contributed by atoms with Gasteiger partial charge < -0.3 is 19.7 Å². The molecule has 3 aromatic rings. The topological polar surface area (TPSA) is 99.3 Å². The number of morpholine rings is 1. The monoisotopic (exact) mass is 453 g/mol. The average Bonchev–Trinajstić information content (AvgIpc) is 3.33. The number of hydrogen-bond donors (Lipinski definition) is 1. The molecule has 1 saturated heterocycles. The minimum atomic E-state index is -0.630. The lowest BCUT2D eigenvalue weighted by molar-refractivity contribution is 0.0519. The number of carbonyl (C=O) groups is 1. The largest absolute Gasteiger partial charge is 0.442 e. The fourth-order valence-corrected chi connectivity index (χ4v) is 3.87. The summed E-state index contributed by atoms with van der Waals surface area (Å²) in [5.41, 5.74) is 2.41. The molecular formula is C23H31N7O3. The van der Waals surface area contributed by atoms with Gasteiger partial charge in [0.2, 0.25) is 0 Å². The quantitative estimate of drug-likeness (QED) is 0.638. The third-order valence-electron chi connectivity index (χ3n) is 5.33. The van der Waals surface area contributed by atoms with E-state index < -0.39 is 11.7 Å². The summed E-state index contributed by atoms with van der Waals surface area (Å²) in [4.78, 5) is 19.7. The van der Waals surface area contributed by atoms with E-state index in [0.29, 0.717) is 24.8 Å². The molecule has 0 radical (unpaired) electrons. The molecule has 1 atom stereocenters. The molecule has 0 bridgehead atoms. The third-order valence-corrected chi connectivity index (χ3v) is 5.33. The number of nitrogens with one attached hydrogen (secondary N) is 1. The Balaban J connectivity index is 1.73. The summed E-state index contributed by atoms with van der Waals surface area (Å²) < 4.78 is 14.1. The van der Waals surface area contributed by atoms with Crippen LogP contribution >= 0.6 is 0 Å². The second-order valence-corrected chi connectivity index (χ2v) is 9.25. The number of hydrogen-bond acceptors (Lipinski definition) is 8. The normalized spacial score (nSPS) is 16.7. The maximum atomic E-state index is 12.6. The summed E-state index contributed by atoms with van der Waals surface area (Å²) in [5.74, 6) is 1.89. The molecule has 0 saturated carbocycles. The molecule has 1 aliphatic heterocycles. The van der Waals surface area contributed by atoms with Crippen LogP contribution in [0.4, 0.5) is 22.2 Å². The fourth-order valence-electron chi connectivity index (χ4n) is 3.87. The molecule has 10 nitrogen and oxygen atoms in total. The van der Waals surface area contributed by atoms with Gasteiger partial charge in [0.15, 0.2) is 0 Å². The molecule has 0 amide bonds. The number of rotatable bonds is 4. The molecule has 176 valence electrons. The first-order valence-electron chi connectivity index (χ1n) is 11.0. The van der Waals surface area contributed by atoms with E-state index in [1.165, 1.54) is 4.68 Å². The molecule has 4 heterocycles. The highest BCUT2D eigenvalue weighted by Crippen LogP contribution is 2.31. The van der Waals surface area contributed by atoms with Gasteiger partial charge >= 0.3 is 6.09 Å². The van der Waals surface area contributed by atoms with Crippen molar-refractivity contribution < 1.29 is 14.3 Å². The zero-order chi connectivity index (χ0) is 23.8. The Morgan fingerprint density at radius 1 is 1.27 bits per heavy atom. The molecule has 33 heavy (non-hydrogen) atoms. The molecule has 10 heteroatoms. The second kappa shape index (κ2) is 8.86. The molecule has 1 N–H and O–H groups in total. The maximum absolute atomic E-state index is 12.6. The van der Waals surface area contributed by atoms with Crippen molar-refractivity contribution in [3.63, 3.8) is 0 Å². The molecule has 0 unspecified atom stereocenters. The van der Waals surface area contributed by atoms with Gasteiger partial charge in [-0.2, -0.15) is 10.2 Å². The standard InChI is InChI=1S/C23H31N7O3/c1-15-13-25-28(6)21(15)17-11-18(27-20(12-17)29-9-10-32-14-16(29)2)26-19-7-8-24-30(19)22(31)33-23(3,4)5/h7-8,11-13,16H,9-10,14H2,1-6H3,(H,26,27)/t16-/m1/s1. The summed E-state index contributed by atoms with van der Waals surface area (Å²) in [6.45, 7) is 11.6. The number of nitrogens with zero attached hydrogens (tertiary/aromatic N) is 6. The highest BCUT2D eigenvalue weighted by atomic mass is 16.6. The van der Waals surface area contributed by atoms with Crippen molar-refractivity contribution >= 4 is 23.5 Å². The van der Waals surface area contributed by atoms with E-state index in [1.54, 1.807) is 12.3 Å². The SMILES string of the molecule is Cc1cnn(C)c1-c1cc(Nc2ccnn2C(=O)OC(C)(C)C)nc(N2CCOC[C@H]2C)c1. The predicted molar refractivity (Wildman–Crippen MR) is 126 cm³/mol. The molecular weight excluding hydrogens is 422 g/mol. The van der Waals surface area contributed by atoms with Crippen molar-refractivity contribution in [2.75, 3.05) is 30.0 Å². The van der Waals surface area contributed by atoms with E-state index in [2.05, 4.69) is 33.4 Å². The summed E-state index contributed by atoms with van der Waals surface area (Å²) in [6.07, 6.45) is 2.83. The first-order chi connectivity index (χ1) is 15.6. The van der Waals surface area contributed by atoms with Gasteiger partial charge in [0.1, 0.15) is 23.1 Å². The number of anilines is 3. The second-order valence-electron chi connectivity index (χ2n) is 9.25. The van der Waals surface area contributed by atoms with Crippen LogP contribution in [0.25, 0.3) is 11.3 Å². The lowest BCUT2D eigenvalue weighted by Crippen LogP contribution is -2.44.